The predicted molar refractivity (Wildman–Crippen MR) is 100 cm³/mol. The number of urea groups is 1. The molecule has 0 bridgehead atoms. The minimum absolute atomic E-state index is 0.156. The standard InChI is InChI=1S/C19H23N5O3/c1-13-12-14(2)23(22-13)11-10-20-17(25)9-8-16-18(26)24(19(27)21-16)15-6-4-3-5-7-15/h3-7,12,16H,8-11H2,1-2H3,(H,20,25)(H,21,27)/t16-/m0/s1. The average molecular weight is 369 g/mol. The monoisotopic (exact) mass is 369 g/mol. The van der Waals surface area contributed by atoms with Crippen LogP contribution in [0, 0.1) is 13.8 Å². The van der Waals surface area contributed by atoms with Crippen LogP contribution in [0.15, 0.2) is 36.4 Å². The van der Waals surface area contributed by atoms with Crippen molar-refractivity contribution in [3.05, 3.63) is 47.8 Å². The number of benzene rings is 1. The molecule has 2 heterocycles. The van der Waals surface area contributed by atoms with Gasteiger partial charge >= 0.3 is 6.03 Å². The number of amides is 4. The summed E-state index contributed by atoms with van der Waals surface area (Å²) in [5.41, 5.74) is 2.51. The Labute approximate surface area is 157 Å². The summed E-state index contributed by atoms with van der Waals surface area (Å²) in [7, 11) is 0. The highest BCUT2D eigenvalue weighted by atomic mass is 16.2. The number of carbonyl (C=O) groups is 3. The minimum atomic E-state index is -0.681. The molecule has 0 unspecified atom stereocenters. The summed E-state index contributed by atoms with van der Waals surface area (Å²) in [6.45, 7) is 4.94. The summed E-state index contributed by atoms with van der Waals surface area (Å²) in [6.07, 6.45) is 0.427. The zero-order chi connectivity index (χ0) is 19.4. The lowest BCUT2D eigenvalue weighted by Gasteiger charge is -2.12. The van der Waals surface area contributed by atoms with Gasteiger partial charge in [0.2, 0.25) is 5.91 Å². The number of carbonyl (C=O) groups excluding carboxylic acids is 3. The second kappa shape index (κ2) is 8.03. The summed E-state index contributed by atoms with van der Waals surface area (Å²) in [4.78, 5) is 37.7. The summed E-state index contributed by atoms with van der Waals surface area (Å²) < 4.78 is 1.84. The third kappa shape index (κ3) is 4.33. The van der Waals surface area contributed by atoms with Gasteiger partial charge in [-0.05, 0) is 38.5 Å². The van der Waals surface area contributed by atoms with Crippen LogP contribution in [-0.4, -0.2) is 40.2 Å². The lowest BCUT2D eigenvalue weighted by atomic mass is 10.1. The first kappa shape index (κ1) is 18.6. The summed E-state index contributed by atoms with van der Waals surface area (Å²) in [6, 6.07) is 9.58. The average Bonchev–Trinajstić information content (AvgIpc) is 3.11. The molecule has 1 aliphatic heterocycles. The molecule has 1 aliphatic rings. The number of nitrogens with one attached hydrogen (secondary N) is 2. The van der Waals surface area contributed by atoms with Gasteiger partial charge in [0.15, 0.2) is 0 Å². The van der Waals surface area contributed by atoms with Gasteiger partial charge in [0.1, 0.15) is 6.04 Å². The van der Waals surface area contributed by atoms with Gasteiger partial charge in [-0.1, -0.05) is 18.2 Å². The lowest BCUT2D eigenvalue weighted by molar-refractivity contribution is -0.121. The molecule has 142 valence electrons. The van der Waals surface area contributed by atoms with E-state index < -0.39 is 12.1 Å². The molecule has 27 heavy (non-hydrogen) atoms. The van der Waals surface area contributed by atoms with Crippen molar-refractivity contribution in [2.45, 2.75) is 39.3 Å². The third-order valence-corrected chi connectivity index (χ3v) is 4.44. The number of para-hydroxylation sites is 1. The second-order valence-electron chi connectivity index (χ2n) is 6.55. The van der Waals surface area contributed by atoms with E-state index in [2.05, 4.69) is 15.7 Å². The molecule has 0 aliphatic carbocycles. The zero-order valence-electron chi connectivity index (χ0n) is 15.4. The van der Waals surface area contributed by atoms with E-state index in [0.717, 1.165) is 16.3 Å². The van der Waals surface area contributed by atoms with Crippen molar-refractivity contribution in [2.24, 2.45) is 0 Å². The molecule has 1 aromatic carbocycles. The van der Waals surface area contributed by atoms with Crippen molar-refractivity contribution >= 4 is 23.5 Å². The zero-order valence-corrected chi connectivity index (χ0v) is 15.4. The fraction of sp³-hybridized carbons (Fsp3) is 0.368. The Hall–Kier alpha value is -3.16. The number of hydrogen-bond donors (Lipinski definition) is 2. The first-order chi connectivity index (χ1) is 13.0. The second-order valence-corrected chi connectivity index (χ2v) is 6.55. The minimum Gasteiger partial charge on any atom is -0.354 e. The number of aromatic nitrogens is 2. The van der Waals surface area contributed by atoms with E-state index >= 15 is 0 Å². The molecule has 1 fully saturated rings. The molecule has 1 atom stereocenters. The van der Waals surface area contributed by atoms with Crippen LogP contribution in [-0.2, 0) is 16.1 Å². The lowest BCUT2D eigenvalue weighted by Crippen LogP contribution is -2.33. The Kier molecular flexibility index (Phi) is 5.54. The molecule has 8 heteroatoms. The number of imide groups is 1. The fourth-order valence-electron chi connectivity index (χ4n) is 3.11. The topological polar surface area (TPSA) is 96.3 Å². The Morgan fingerprint density at radius 3 is 2.63 bits per heavy atom. The van der Waals surface area contributed by atoms with Crippen LogP contribution in [0.1, 0.15) is 24.2 Å². The fourth-order valence-corrected chi connectivity index (χ4v) is 3.11. The van der Waals surface area contributed by atoms with Crippen LogP contribution in [0.3, 0.4) is 0 Å². The van der Waals surface area contributed by atoms with E-state index in [4.69, 9.17) is 0 Å². The van der Waals surface area contributed by atoms with Crippen LogP contribution < -0.4 is 15.5 Å². The summed E-state index contributed by atoms with van der Waals surface area (Å²) in [5, 5.41) is 9.81. The number of rotatable bonds is 7. The molecule has 0 saturated carbocycles. The quantitative estimate of drug-likeness (QED) is 0.723. The smallest absolute Gasteiger partial charge is 0.329 e. The van der Waals surface area contributed by atoms with Gasteiger partial charge in [0.05, 0.1) is 17.9 Å². The largest absolute Gasteiger partial charge is 0.354 e. The molecule has 1 aromatic heterocycles. The third-order valence-electron chi connectivity index (χ3n) is 4.44. The van der Waals surface area contributed by atoms with E-state index in [1.807, 2.05) is 30.7 Å². The molecule has 1 saturated heterocycles. The number of anilines is 1. The number of hydrogen-bond acceptors (Lipinski definition) is 4. The Morgan fingerprint density at radius 2 is 1.96 bits per heavy atom. The van der Waals surface area contributed by atoms with E-state index in [1.165, 1.54) is 0 Å². The summed E-state index contributed by atoms with van der Waals surface area (Å²) >= 11 is 0. The predicted octanol–water partition coefficient (Wildman–Crippen LogP) is 1.52. The van der Waals surface area contributed by atoms with Crippen molar-refractivity contribution in [2.75, 3.05) is 11.4 Å². The van der Waals surface area contributed by atoms with Gasteiger partial charge in [0.25, 0.3) is 5.91 Å². The van der Waals surface area contributed by atoms with Gasteiger partial charge in [-0.2, -0.15) is 5.10 Å². The molecule has 4 amide bonds. The Morgan fingerprint density at radius 1 is 1.22 bits per heavy atom. The highest BCUT2D eigenvalue weighted by Gasteiger charge is 2.38. The van der Waals surface area contributed by atoms with Crippen molar-refractivity contribution in [3.8, 4) is 0 Å². The SMILES string of the molecule is Cc1cc(C)n(CCNC(=O)CC[C@@H]2NC(=O)N(c3ccccc3)C2=O)n1. The molecule has 8 nitrogen and oxygen atoms in total. The van der Waals surface area contributed by atoms with E-state index in [9.17, 15) is 14.4 Å². The van der Waals surface area contributed by atoms with Crippen LogP contribution >= 0.6 is 0 Å². The number of aryl methyl sites for hydroxylation is 2. The molecular formula is C19H23N5O3. The van der Waals surface area contributed by atoms with Crippen LogP contribution in [0.2, 0.25) is 0 Å². The molecule has 0 radical (unpaired) electrons. The molecule has 2 aromatic rings. The van der Waals surface area contributed by atoms with Gasteiger partial charge in [0, 0.05) is 18.7 Å². The molecule has 0 spiro atoms. The van der Waals surface area contributed by atoms with E-state index in [1.54, 1.807) is 24.3 Å². The molecule has 2 N–H and O–H groups in total. The van der Waals surface area contributed by atoms with Crippen molar-refractivity contribution < 1.29 is 14.4 Å². The van der Waals surface area contributed by atoms with Gasteiger partial charge < -0.3 is 10.6 Å². The summed E-state index contributed by atoms with van der Waals surface area (Å²) in [5.74, 6) is -0.488. The highest BCUT2D eigenvalue weighted by molar-refractivity contribution is 6.21. The van der Waals surface area contributed by atoms with E-state index in [-0.39, 0.29) is 24.7 Å². The number of nitrogens with zero attached hydrogens (tertiary/aromatic N) is 3. The van der Waals surface area contributed by atoms with Gasteiger partial charge in [-0.25, -0.2) is 9.69 Å². The first-order valence-corrected chi connectivity index (χ1v) is 8.93. The van der Waals surface area contributed by atoms with Crippen molar-refractivity contribution in [1.82, 2.24) is 20.4 Å². The van der Waals surface area contributed by atoms with Gasteiger partial charge in [-0.15, -0.1) is 0 Å². The molecule has 3 rings (SSSR count). The maximum atomic E-state index is 12.5. The highest BCUT2D eigenvalue weighted by Crippen LogP contribution is 2.20. The molecular weight excluding hydrogens is 346 g/mol. The van der Waals surface area contributed by atoms with E-state index in [0.29, 0.717) is 18.8 Å². The van der Waals surface area contributed by atoms with Crippen LogP contribution in [0.25, 0.3) is 0 Å². The van der Waals surface area contributed by atoms with Crippen LogP contribution in [0.5, 0.6) is 0 Å². The van der Waals surface area contributed by atoms with Crippen molar-refractivity contribution in [1.29, 1.82) is 0 Å². The maximum absolute atomic E-state index is 12.5. The van der Waals surface area contributed by atoms with Crippen LogP contribution in [0.4, 0.5) is 10.5 Å². The maximum Gasteiger partial charge on any atom is 0.329 e. The van der Waals surface area contributed by atoms with Gasteiger partial charge in [-0.3, -0.25) is 14.3 Å². The Balaban J connectivity index is 1.46. The Bertz CT molecular complexity index is 846. The van der Waals surface area contributed by atoms with Crippen molar-refractivity contribution in [3.63, 3.8) is 0 Å². The first-order valence-electron chi connectivity index (χ1n) is 8.93. The normalized spacial score (nSPS) is 16.5.